The van der Waals surface area contributed by atoms with Crippen molar-refractivity contribution in [2.24, 2.45) is 5.92 Å². The van der Waals surface area contributed by atoms with Crippen molar-refractivity contribution in [2.75, 3.05) is 18.6 Å². The van der Waals surface area contributed by atoms with Gasteiger partial charge in [0.05, 0.1) is 23.4 Å². The fourth-order valence-corrected chi connectivity index (χ4v) is 5.77. The number of hydrogen-bond donors (Lipinski definition) is 2. The molecule has 0 saturated heterocycles. The number of nitrogens with zero attached hydrogens (tertiary/aromatic N) is 2. The Labute approximate surface area is 233 Å². The Morgan fingerprint density at radius 3 is 2.58 bits per heavy atom. The number of benzene rings is 2. The second-order valence-corrected chi connectivity index (χ2v) is 10.5. The molecular weight excluding hydrogens is 547 g/mol. The number of aliphatic hydroxyl groups is 1. The van der Waals surface area contributed by atoms with Crippen molar-refractivity contribution in [3.8, 4) is 5.75 Å². The van der Waals surface area contributed by atoms with E-state index >= 15 is 4.39 Å². The van der Waals surface area contributed by atoms with Gasteiger partial charge in [-0.15, -0.1) is 0 Å². The molecule has 1 aromatic heterocycles. The number of aromatic nitrogens is 1. The number of amides is 2. The van der Waals surface area contributed by atoms with Crippen LogP contribution >= 0.6 is 11.6 Å². The van der Waals surface area contributed by atoms with E-state index in [1.807, 2.05) is 0 Å². The standard InChI is InChI=1S/C29H27ClF3N3O4/c1-40-19-10-11-21(23(31)13-19)29(39)22-4-2-3-5-24(22)36(28(29)38)15-16-6-8-18(9-7-16)35-27(37)20-12-17(30)14-34-25(20)26(32)33/h2-5,10-14,16,18,26,39H,6-9,15H2,1H3,(H,35,37)/t16-,18-,29?. The lowest BCUT2D eigenvalue weighted by Crippen LogP contribution is -2.45. The van der Waals surface area contributed by atoms with Crippen LogP contribution in [0.1, 0.15) is 59.3 Å². The van der Waals surface area contributed by atoms with Crippen LogP contribution in [0.15, 0.2) is 54.7 Å². The monoisotopic (exact) mass is 573 g/mol. The summed E-state index contributed by atoms with van der Waals surface area (Å²) in [6.07, 6.45) is 0.570. The van der Waals surface area contributed by atoms with Crippen LogP contribution in [0.2, 0.25) is 5.02 Å². The Kier molecular flexibility index (Phi) is 7.74. The number of fused-ring (bicyclic) bond motifs is 1. The summed E-state index contributed by atoms with van der Waals surface area (Å²) in [5.74, 6) is -1.75. The average Bonchev–Trinajstić information content (AvgIpc) is 3.16. The zero-order valence-corrected chi connectivity index (χ0v) is 22.3. The molecule has 40 heavy (non-hydrogen) atoms. The Morgan fingerprint density at radius 1 is 1.18 bits per heavy atom. The topological polar surface area (TPSA) is 91.8 Å². The van der Waals surface area contributed by atoms with Crippen molar-refractivity contribution in [2.45, 2.75) is 43.8 Å². The van der Waals surface area contributed by atoms with Crippen LogP contribution in [0.25, 0.3) is 0 Å². The molecule has 5 rings (SSSR count). The predicted octanol–water partition coefficient (Wildman–Crippen LogP) is 5.39. The number of methoxy groups -OCH3 is 1. The van der Waals surface area contributed by atoms with Crippen molar-refractivity contribution >= 4 is 29.1 Å². The fourth-order valence-electron chi connectivity index (χ4n) is 5.61. The summed E-state index contributed by atoms with van der Waals surface area (Å²) in [7, 11) is 1.40. The number of rotatable bonds is 7. The number of pyridine rings is 1. The summed E-state index contributed by atoms with van der Waals surface area (Å²) in [5.41, 5.74) is -2.41. The first-order chi connectivity index (χ1) is 19.1. The maximum Gasteiger partial charge on any atom is 0.281 e. The van der Waals surface area contributed by atoms with Crippen LogP contribution in [0.3, 0.4) is 0 Å². The minimum absolute atomic E-state index is 0.0395. The van der Waals surface area contributed by atoms with E-state index in [4.69, 9.17) is 16.3 Å². The van der Waals surface area contributed by atoms with Crippen molar-refractivity contribution < 1.29 is 32.6 Å². The number of nitrogens with one attached hydrogen (secondary N) is 1. The molecule has 1 saturated carbocycles. The van der Waals surface area contributed by atoms with E-state index in [0.29, 0.717) is 43.5 Å². The minimum Gasteiger partial charge on any atom is -0.497 e. The van der Waals surface area contributed by atoms with Gasteiger partial charge in [-0.2, -0.15) is 0 Å². The van der Waals surface area contributed by atoms with Gasteiger partial charge >= 0.3 is 0 Å². The molecule has 11 heteroatoms. The van der Waals surface area contributed by atoms with E-state index in [9.17, 15) is 23.5 Å². The molecule has 2 aliphatic rings. The third-order valence-electron chi connectivity index (χ3n) is 7.66. The van der Waals surface area contributed by atoms with Gasteiger partial charge in [-0.05, 0) is 55.9 Å². The lowest BCUT2D eigenvalue weighted by atomic mass is 9.85. The zero-order chi connectivity index (χ0) is 28.6. The van der Waals surface area contributed by atoms with E-state index in [1.165, 1.54) is 30.2 Å². The van der Waals surface area contributed by atoms with Gasteiger partial charge in [0.1, 0.15) is 17.3 Å². The summed E-state index contributed by atoms with van der Waals surface area (Å²) in [4.78, 5) is 31.5. The average molecular weight is 574 g/mol. The number of anilines is 1. The van der Waals surface area contributed by atoms with Gasteiger partial charge in [0.25, 0.3) is 18.2 Å². The molecule has 2 aromatic carbocycles. The molecule has 210 valence electrons. The first-order valence-corrected chi connectivity index (χ1v) is 13.2. The van der Waals surface area contributed by atoms with Gasteiger partial charge in [0, 0.05) is 36.0 Å². The molecule has 0 spiro atoms. The molecule has 2 N–H and O–H groups in total. The van der Waals surface area contributed by atoms with Gasteiger partial charge in [0.15, 0.2) is 5.60 Å². The van der Waals surface area contributed by atoms with Gasteiger partial charge in [-0.25, -0.2) is 13.2 Å². The Hall–Kier alpha value is -3.63. The summed E-state index contributed by atoms with van der Waals surface area (Å²) in [6, 6.07) is 11.7. The van der Waals surface area contributed by atoms with Crippen LogP contribution in [0.4, 0.5) is 18.9 Å². The van der Waals surface area contributed by atoms with Gasteiger partial charge in [-0.1, -0.05) is 29.8 Å². The van der Waals surface area contributed by atoms with Crippen molar-refractivity contribution in [1.82, 2.24) is 10.3 Å². The van der Waals surface area contributed by atoms with Crippen molar-refractivity contribution in [3.63, 3.8) is 0 Å². The van der Waals surface area contributed by atoms with Crippen molar-refractivity contribution in [3.05, 3.63) is 88.0 Å². The molecule has 2 heterocycles. The van der Waals surface area contributed by atoms with Crippen LogP contribution in [-0.4, -0.2) is 41.6 Å². The molecule has 0 bridgehead atoms. The van der Waals surface area contributed by atoms with E-state index in [-0.39, 0.29) is 33.9 Å². The highest BCUT2D eigenvalue weighted by atomic mass is 35.5. The summed E-state index contributed by atoms with van der Waals surface area (Å²) >= 11 is 5.87. The third-order valence-corrected chi connectivity index (χ3v) is 7.87. The molecule has 2 amide bonds. The number of para-hydroxylation sites is 1. The second-order valence-electron chi connectivity index (χ2n) is 10.1. The Balaban J connectivity index is 1.28. The van der Waals surface area contributed by atoms with Crippen molar-refractivity contribution in [1.29, 1.82) is 0 Å². The molecule has 7 nitrogen and oxygen atoms in total. The van der Waals surface area contributed by atoms with Gasteiger partial charge < -0.3 is 20.1 Å². The molecular formula is C29H27ClF3N3O4. The Morgan fingerprint density at radius 2 is 1.90 bits per heavy atom. The molecule has 1 atom stereocenters. The van der Waals surface area contributed by atoms with Gasteiger partial charge in [0.2, 0.25) is 0 Å². The first kappa shape index (κ1) is 27.9. The zero-order valence-electron chi connectivity index (χ0n) is 21.5. The molecule has 1 aliphatic heterocycles. The smallest absolute Gasteiger partial charge is 0.281 e. The quantitative estimate of drug-likeness (QED) is 0.395. The number of carbonyl (C=O) groups is 2. The summed E-state index contributed by atoms with van der Waals surface area (Å²) in [5, 5.41) is 14.6. The maximum absolute atomic E-state index is 15.1. The second kappa shape index (κ2) is 11.1. The highest BCUT2D eigenvalue weighted by molar-refractivity contribution is 6.30. The molecule has 3 aromatic rings. The van der Waals surface area contributed by atoms with E-state index < -0.39 is 35.4 Å². The molecule has 0 radical (unpaired) electrons. The van der Waals surface area contributed by atoms with E-state index in [1.54, 1.807) is 24.3 Å². The fraction of sp³-hybridized carbons (Fsp3) is 0.345. The van der Waals surface area contributed by atoms with Crippen LogP contribution in [-0.2, 0) is 10.4 Å². The van der Waals surface area contributed by atoms with Gasteiger partial charge in [-0.3, -0.25) is 14.6 Å². The van der Waals surface area contributed by atoms with Crippen LogP contribution < -0.4 is 15.0 Å². The molecule has 1 unspecified atom stereocenters. The first-order valence-electron chi connectivity index (χ1n) is 12.9. The highest BCUT2D eigenvalue weighted by Gasteiger charge is 2.52. The van der Waals surface area contributed by atoms with E-state index in [2.05, 4.69) is 10.3 Å². The lowest BCUT2D eigenvalue weighted by Gasteiger charge is -2.32. The normalized spacial score (nSPS) is 22.4. The SMILES string of the molecule is COc1ccc(C2(O)C(=O)N(C[C@H]3CC[C@H](NC(=O)c4cc(Cl)cnc4C(F)F)CC3)c3ccccc32)c(F)c1. The summed E-state index contributed by atoms with van der Waals surface area (Å²) < 4.78 is 46.8. The number of halogens is 4. The predicted molar refractivity (Wildman–Crippen MR) is 142 cm³/mol. The van der Waals surface area contributed by atoms with Crippen LogP contribution in [0.5, 0.6) is 5.75 Å². The van der Waals surface area contributed by atoms with Crippen LogP contribution in [0, 0.1) is 11.7 Å². The largest absolute Gasteiger partial charge is 0.497 e. The number of alkyl halides is 2. The maximum atomic E-state index is 15.1. The Bertz CT molecular complexity index is 1450. The number of ether oxygens (including phenoxy) is 1. The van der Waals surface area contributed by atoms with E-state index in [0.717, 1.165) is 12.3 Å². The number of hydrogen-bond acceptors (Lipinski definition) is 5. The minimum atomic E-state index is -2.92. The highest BCUT2D eigenvalue weighted by Crippen LogP contribution is 2.46. The number of carbonyl (C=O) groups excluding carboxylic acids is 2. The molecule has 1 aliphatic carbocycles. The summed E-state index contributed by atoms with van der Waals surface area (Å²) in [6.45, 7) is 0.296. The lowest BCUT2D eigenvalue weighted by molar-refractivity contribution is -0.132. The third kappa shape index (κ3) is 5.01. The molecule has 1 fully saturated rings.